The van der Waals surface area contributed by atoms with Gasteiger partial charge in [0.15, 0.2) is 17.3 Å². The third-order valence-electron chi connectivity index (χ3n) is 2.25. The highest BCUT2D eigenvalue weighted by Crippen LogP contribution is 2.44. The molecule has 0 amide bonds. The van der Waals surface area contributed by atoms with Crippen LogP contribution in [0.4, 0.5) is 14.5 Å². The molecule has 2 nitrogen and oxygen atoms in total. The maximum atomic E-state index is 13.5. The van der Waals surface area contributed by atoms with Crippen molar-refractivity contribution in [1.82, 2.24) is 0 Å². The van der Waals surface area contributed by atoms with Gasteiger partial charge in [-0.05, 0) is 18.2 Å². The van der Waals surface area contributed by atoms with Gasteiger partial charge < -0.3 is 10.5 Å². The van der Waals surface area contributed by atoms with Crippen LogP contribution < -0.4 is 10.5 Å². The number of nitrogen functional groups attached to an aromatic ring is 1. The lowest BCUT2D eigenvalue weighted by atomic mass is 10.3. The third kappa shape index (κ3) is 2.86. The zero-order valence-corrected chi connectivity index (χ0v) is 11.5. The molecule has 0 aromatic heterocycles. The van der Waals surface area contributed by atoms with Crippen LogP contribution in [0.2, 0.25) is 15.1 Å². The van der Waals surface area contributed by atoms with Crippen LogP contribution in [-0.4, -0.2) is 0 Å². The summed E-state index contributed by atoms with van der Waals surface area (Å²) < 4.78 is 31.5. The zero-order valence-electron chi connectivity index (χ0n) is 9.18. The van der Waals surface area contributed by atoms with E-state index in [4.69, 9.17) is 45.3 Å². The predicted octanol–water partition coefficient (Wildman–Crippen LogP) is 5.30. The summed E-state index contributed by atoms with van der Waals surface area (Å²) in [6, 6.07) is 4.16. The van der Waals surface area contributed by atoms with Gasteiger partial charge in [0.2, 0.25) is 0 Å². The van der Waals surface area contributed by atoms with E-state index in [-0.39, 0.29) is 32.3 Å². The average Bonchev–Trinajstić information content (AvgIpc) is 2.34. The minimum Gasteiger partial charge on any atom is -0.451 e. The fourth-order valence-electron chi connectivity index (χ4n) is 1.36. The van der Waals surface area contributed by atoms with Crippen molar-refractivity contribution in [1.29, 1.82) is 0 Å². The summed E-state index contributed by atoms with van der Waals surface area (Å²) in [5.41, 5.74) is 5.72. The number of rotatable bonds is 2. The Hall–Kier alpha value is -1.23. The summed E-state index contributed by atoms with van der Waals surface area (Å²) in [6.07, 6.45) is 0. The number of halogens is 5. The highest BCUT2D eigenvalue weighted by atomic mass is 35.5. The molecule has 0 bridgehead atoms. The number of benzene rings is 2. The molecule has 0 radical (unpaired) electrons. The van der Waals surface area contributed by atoms with Crippen molar-refractivity contribution in [3.8, 4) is 11.5 Å². The Kier molecular flexibility index (Phi) is 4.04. The van der Waals surface area contributed by atoms with Crippen molar-refractivity contribution in [2.45, 2.75) is 0 Å². The first kappa shape index (κ1) is 14.2. The van der Waals surface area contributed by atoms with E-state index in [0.717, 1.165) is 12.1 Å². The molecule has 0 aliphatic heterocycles. The van der Waals surface area contributed by atoms with Crippen molar-refractivity contribution >= 4 is 40.5 Å². The molecule has 100 valence electrons. The molecule has 0 fully saturated rings. The van der Waals surface area contributed by atoms with Crippen LogP contribution in [0, 0.1) is 11.6 Å². The van der Waals surface area contributed by atoms with Crippen LogP contribution in [0.15, 0.2) is 24.3 Å². The van der Waals surface area contributed by atoms with Gasteiger partial charge in [-0.1, -0.05) is 34.8 Å². The number of hydrogen-bond donors (Lipinski definition) is 1. The van der Waals surface area contributed by atoms with Gasteiger partial charge >= 0.3 is 0 Å². The minimum atomic E-state index is -0.889. The number of hydrogen-bond acceptors (Lipinski definition) is 2. The molecule has 7 heteroatoms. The Balaban J connectivity index is 2.47. The summed E-state index contributed by atoms with van der Waals surface area (Å²) in [7, 11) is 0. The summed E-state index contributed by atoms with van der Waals surface area (Å²) in [4.78, 5) is 0. The van der Waals surface area contributed by atoms with Crippen molar-refractivity contribution < 1.29 is 13.5 Å². The van der Waals surface area contributed by atoms with Gasteiger partial charge in [-0.2, -0.15) is 0 Å². The predicted molar refractivity (Wildman–Crippen MR) is 72.3 cm³/mol. The molecular formula is C12H6Cl3F2NO. The molecule has 0 heterocycles. The summed E-state index contributed by atoms with van der Waals surface area (Å²) in [6.45, 7) is 0. The highest BCUT2D eigenvalue weighted by Gasteiger charge is 2.17. The quantitative estimate of drug-likeness (QED) is 0.601. The lowest BCUT2D eigenvalue weighted by Gasteiger charge is -2.12. The van der Waals surface area contributed by atoms with E-state index in [1.165, 1.54) is 6.07 Å². The molecule has 2 N–H and O–H groups in total. The Morgan fingerprint density at radius 3 is 2.32 bits per heavy atom. The van der Waals surface area contributed by atoms with Crippen LogP contribution in [0.3, 0.4) is 0 Å². The van der Waals surface area contributed by atoms with Crippen LogP contribution >= 0.6 is 34.8 Å². The third-order valence-corrected chi connectivity index (χ3v) is 3.40. The van der Waals surface area contributed by atoms with Gasteiger partial charge in [0.05, 0.1) is 15.7 Å². The second-order valence-corrected chi connectivity index (χ2v) is 4.74. The average molecular weight is 325 g/mol. The zero-order chi connectivity index (χ0) is 14.2. The van der Waals surface area contributed by atoms with E-state index >= 15 is 0 Å². The maximum absolute atomic E-state index is 13.5. The van der Waals surface area contributed by atoms with Gasteiger partial charge in [-0.25, -0.2) is 8.78 Å². The first-order chi connectivity index (χ1) is 8.90. The maximum Gasteiger partial charge on any atom is 0.168 e. The van der Waals surface area contributed by atoms with Gasteiger partial charge in [-0.3, -0.25) is 0 Å². The Bertz CT molecular complexity index is 649. The molecule has 2 aromatic carbocycles. The molecule has 0 aliphatic rings. The van der Waals surface area contributed by atoms with Crippen LogP contribution in [0.1, 0.15) is 0 Å². The van der Waals surface area contributed by atoms with E-state index in [0.29, 0.717) is 6.07 Å². The summed E-state index contributed by atoms with van der Waals surface area (Å²) in [5.74, 6) is -1.89. The number of anilines is 1. The first-order valence-electron chi connectivity index (χ1n) is 4.96. The van der Waals surface area contributed by atoms with Crippen molar-refractivity contribution in [2.24, 2.45) is 0 Å². The Labute approximate surface area is 122 Å². The number of nitrogens with two attached hydrogens (primary N) is 1. The van der Waals surface area contributed by atoms with E-state index in [1.54, 1.807) is 0 Å². The second kappa shape index (κ2) is 5.41. The second-order valence-electron chi connectivity index (χ2n) is 3.58. The fourth-order valence-corrected chi connectivity index (χ4v) is 2.05. The van der Waals surface area contributed by atoms with Crippen LogP contribution in [0.25, 0.3) is 0 Å². The van der Waals surface area contributed by atoms with Crippen molar-refractivity contribution in [3.63, 3.8) is 0 Å². The lowest BCUT2D eigenvalue weighted by Crippen LogP contribution is -1.94. The molecule has 2 rings (SSSR count). The van der Waals surface area contributed by atoms with Gasteiger partial charge in [-0.15, -0.1) is 0 Å². The highest BCUT2D eigenvalue weighted by molar-refractivity contribution is 6.46. The van der Waals surface area contributed by atoms with Crippen LogP contribution in [-0.2, 0) is 0 Å². The molecule has 0 saturated heterocycles. The first-order valence-corrected chi connectivity index (χ1v) is 6.09. The summed E-state index contributed by atoms with van der Waals surface area (Å²) in [5, 5.41) is 0.0644. The Morgan fingerprint density at radius 1 is 1.00 bits per heavy atom. The largest absolute Gasteiger partial charge is 0.451 e. The van der Waals surface area contributed by atoms with Crippen molar-refractivity contribution in [2.75, 3.05) is 5.73 Å². The normalized spacial score (nSPS) is 10.6. The molecule has 2 aromatic rings. The minimum absolute atomic E-state index is 0.0450. The van der Waals surface area contributed by atoms with E-state index in [9.17, 15) is 8.78 Å². The van der Waals surface area contributed by atoms with E-state index in [1.807, 2.05) is 0 Å². The molecule has 0 saturated carbocycles. The fraction of sp³-hybridized carbons (Fsp3) is 0. The monoisotopic (exact) mass is 323 g/mol. The van der Waals surface area contributed by atoms with Gasteiger partial charge in [0, 0.05) is 6.07 Å². The molecule has 0 spiro atoms. The molecule has 0 atom stereocenters. The topological polar surface area (TPSA) is 35.2 Å². The summed E-state index contributed by atoms with van der Waals surface area (Å²) >= 11 is 17.7. The van der Waals surface area contributed by atoms with E-state index < -0.39 is 11.6 Å². The van der Waals surface area contributed by atoms with Gasteiger partial charge in [0.1, 0.15) is 10.8 Å². The SMILES string of the molecule is Nc1cc(Cl)c(Oc2ccc(F)cc2F)c(Cl)c1Cl. The Morgan fingerprint density at radius 2 is 1.68 bits per heavy atom. The smallest absolute Gasteiger partial charge is 0.168 e. The number of ether oxygens (including phenoxy) is 1. The molecule has 0 aliphatic carbocycles. The molecular weight excluding hydrogens is 318 g/mol. The van der Waals surface area contributed by atoms with Crippen molar-refractivity contribution in [3.05, 3.63) is 51.0 Å². The van der Waals surface area contributed by atoms with Crippen LogP contribution in [0.5, 0.6) is 11.5 Å². The standard InChI is InChI=1S/C12H6Cl3F2NO/c13-6-4-8(18)10(14)11(15)12(6)19-9-2-1-5(16)3-7(9)17/h1-4H,18H2. The molecule has 19 heavy (non-hydrogen) atoms. The lowest BCUT2D eigenvalue weighted by molar-refractivity contribution is 0.438. The molecule has 0 unspecified atom stereocenters. The van der Waals surface area contributed by atoms with E-state index in [2.05, 4.69) is 0 Å². The van der Waals surface area contributed by atoms with Gasteiger partial charge in [0.25, 0.3) is 0 Å².